The molecule has 2 N–H and O–H groups in total. The van der Waals surface area contributed by atoms with Gasteiger partial charge in [-0.25, -0.2) is 0 Å². The van der Waals surface area contributed by atoms with E-state index < -0.39 is 0 Å². The third-order valence-corrected chi connectivity index (χ3v) is 4.90. The van der Waals surface area contributed by atoms with Crippen molar-refractivity contribution in [3.05, 3.63) is 63.0 Å². The molecule has 8 nitrogen and oxygen atoms in total. The van der Waals surface area contributed by atoms with Crippen LogP contribution < -0.4 is 10.2 Å². The molecule has 10 heteroatoms. The van der Waals surface area contributed by atoms with Gasteiger partial charge in [0.15, 0.2) is 21.0 Å². The number of nitrogens with zero attached hydrogens (tertiary/aromatic N) is 3. The van der Waals surface area contributed by atoms with Gasteiger partial charge in [-0.05, 0) is 59.3 Å². The summed E-state index contributed by atoms with van der Waals surface area (Å²) < 4.78 is 8.08. The Bertz CT molecular complexity index is 1070. The lowest BCUT2D eigenvalue weighted by Crippen LogP contribution is -2.30. The lowest BCUT2D eigenvalue weighted by Gasteiger charge is -2.19. The third kappa shape index (κ3) is 4.07. The number of furan rings is 1. The van der Waals surface area contributed by atoms with Crippen molar-refractivity contribution in [2.75, 3.05) is 11.9 Å². The van der Waals surface area contributed by atoms with E-state index in [1.54, 1.807) is 48.0 Å². The van der Waals surface area contributed by atoms with Crippen molar-refractivity contribution in [1.29, 1.82) is 0 Å². The van der Waals surface area contributed by atoms with E-state index in [4.69, 9.17) is 16.6 Å². The molecule has 0 aliphatic carbocycles. The van der Waals surface area contributed by atoms with Crippen LogP contribution in [-0.4, -0.2) is 33.6 Å². The Morgan fingerprint density at radius 1 is 1.32 bits per heavy atom. The van der Waals surface area contributed by atoms with E-state index in [1.165, 1.54) is 4.90 Å². The molecule has 28 heavy (non-hydrogen) atoms. The first-order chi connectivity index (χ1) is 13.4. The highest BCUT2D eigenvalue weighted by Gasteiger charge is 2.22. The lowest BCUT2D eigenvalue weighted by molar-refractivity contribution is 0.0949. The number of aromatic nitrogens is 3. The third-order valence-electron chi connectivity index (χ3n) is 4.16. The van der Waals surface area contributed by atoms with Crippen molar-refractivity contribution < 1.29 is 14.0 Å². The summed E-state index contributed by atoms with van der Waals surface area (Å²) in [7, 11) is 1.59. The molecular weight excluding hydrogens is 446 g/mol. The standard InChI is InChI=1S/C18H18BrN5O3S/c1-3-24-15(21-22-18(24)28)10-20-16(25)11-6-4-5-7-12(11)23(2)17(26)13-8-9-14(19)27-13/h4-9H,3,10H2,1-2H3,(H,20,25)(H,22,28). The average molecular weight is 464 g/mol. The smallest absolute Gasteiger partial charge is 0.293 e. The molecule has 0 bridgehead atoms. The summed E-state index contributed by atoms with van der Waals surface area (Å²) in [5.41, 5.74) is 0.827. The van der Waals surface area contributed by atoms with Gasteiger partial charge in [0.1, 0.15) is 0 Å². The number of carbonyl (C=O) groups is 2. The summed E-state index contributed by atoms with van der Waals surface area (Å²) in [6, 6.07) is 10.1. The topological polar surface area (TPSA) is 96.2 Å². The molecule has 0 spiro atoms. The number of para-hydroxylation sites is 1. The Hall–Kier alpha value is -2.72. The van der Waals surface area contributed by atoms with Crippen LogP contribution in [-0.2, 0) is 13.1 Å². The number of anilines is 1. The molecule has 0 fully saturated rings. The normalized spacial score (nSPS) is 10.7. The van der Waals surface area contributed by atoms with Crippen LogP contribution in [0.3, 0.4) is 0 Å². The quantitative estimate of drug-likeness (QED) is 0.545. The summed E-state index contributed by atoms with van der Waals surface area (Å²) in [6.07, 6.45) is 0. The molecule has 0 saturated carbocycles. The van der Waals surface area contributed by atoms with Crippen molar-refractivity contribution in [2.24, 2.45) is 0 Å². The molecule has 1 aromatic carbocycles. The predicted molar refractivity (Wildman–Crippen MR) is 110 cm³/mol. The Morgan fingerprint density at radius 2 is 2.07 bits per heavy atom. The number of hydrogen-bond donors (Lipinski definition) is 2. The fraction of sp³-hybridized carbons (Fsp3) is 0.222. The number of H-pyrrole nitrogens is 1. The molecule has 0 aliphatic rings. The molecule has 0 radical (unpaired) electrons. The minimum absolute atomic E-state index is 0.170. The number of amides is 2. The van der Waals surface area contributed by atoms with Gasteiger partial charge in [-0.1, -0.05) is 12.1 Å². The Morgan fingerprint density at radius 3 is 2.75 bits per heavy atom. The van der Waals surface area contributed by atoms with E-state index >= 15 is 0 Å². The van der Waals surface area contributed by atoms with Gasteiger partial charge in [-0.3, -0.25) is 14.7 Å². The van der Waals surface area contributed by atoms with Crippen LogP contribution in [0.15, 0.2) is 45.5 Å². The fourth-order valence-corrected chi connectivity index (χ4v) is 3.31. The SMILES string of the molecule is CCn1c(CNC(=O)c2ccccc2N(C)C(=O)c2ccc(Br)o2)n[nH]c1=S. The summed E-state index contributed by atoms with van der Waals surface area (Å²) in [5, 5.41) is 9.67. The predicted octanol–water partition coefficient (Wildman–Crippen LogP) is 3.52. The van der Waals surface area contributed by atoms with E-state index in [0.29, 0.717) is 33.1 Å². The molecule has 3 aromatic rings. The Balaban J connectivity index is 1.80. The van der Waals surface area contributed by atoms with Gasteiger partial charge >= 0.3 is 0 Å². The highest BCUT2D eigenvalue weighted by molar-refractivity contribution is 9.10. The molecule has 2 heterocycles. The zero-order valence-electron chi connectivity index (χ0n) is 15.2. The molecule has 2 amide bonds. The van der Waals surface area contributed by atoms with Crippen LogP contribution in [0.5, 0.6) is 0 Å². The van der Waals surface area contributed by atoms with Gasteiger partial charge < -0.3 is 19.2 Å². The second-order valence-electron chi connectivity index (χ2n) is 5.86. The van der Waals surface area contributed by atoms with Crippen molar-refractivity contribution in [3.63, 3.8) is 0 Å². The minimum Gasteiger partial charge on any atom is -0.444 e. The van der Waals surface area contributed by atoms with Crippen LogP contribution in [0.25, 0.3) is 0 Å². The van der Waals surface area contributed by atoms with Crippen LogP contribution in [0.2, 0.25) is 0 Å². The van der Waals surface area contributed by atoms with Crippen LogP contribution in [0, 0.1) is 4.77 Å². The maximum absolute atomic E-state index is 12.8. The summed E-state index contributed by atoms with van der Waals surface area (Å²) in [6.45, 7) is 2.80. The van der Waals surface area contributed by atoms with Crippen molar-refractivity contribution >= 4 is 45.6 Å². The van der Waals surface area contributed by atoms with Crippen LogP contribution >= 0.6 is 28.1 Å². The van der Waals surface area contributed by atoms with Crippen molar-refractivity contribution in [1.82, 2.24) is 20.1 Å². The van der Waals surface area contributed by atoms with Crippen molar-refractivity contribution in [2.45, 2.75) is 20.0 Å². The molecule has 0 unspecified atom stereocenters. The zero-order valence-corrected chi connectivity index (χ0v) is 17.6. The summed E-state index contributed by atoms with van der Waals surface area (Å²) >= 11 is 8.33. The van der Waals surface area contributed by atoms with Gasteiger partial charge in [-0.15, -0.1) is 0 Å². The van der Waals surface area contributed by atoms with Crippen LogP contribution in [0.4, 0.5) is 5.69 Å². The Labute approximate surface area is 174 Å². The van der Waals surface area contributed by atoms with Gasteiger partial charge in [0.05, 0.1) is 17.8 Å². The van der Waals surface area contributed by atoms with Gasteiger partial charge in [-0.2, -0.15) is 5.10 Å². The average Bonchev–Trinajstić information content (AvgIpc) is 3.30. The molecular formula is C18H18BrN5O3S. The second-order valence-corrected chi connectivity index (χ2v) is 7.03. The number of rotatable bonds is 6. The first-order valence-corrected chi connectivity index (χ1v) is 9.67. The highest BCUT2D eigenvalue weighted by atomic mass is 79.9. The monoisotopic (exact) mass is 463 g/mol. The highest BCUT2D eigenvalue weighted by Crippen LogP contribution is 2.23. The molecule has 0 aliphatic heterocycles. The van der Waals surface area contributed by atoms with E-state index in [2.05, 4.69) is 31.4 Å². The first kappa shape index (κ1) is 20.0. The number of nitrogens with one attached hydrogen (secondary N) is 2. The summed E-state index contributed by atoms with van der Waals surface area (Å²) in [4.78, 5) is 26.8. The fourth-order valence-electron chi connectivity index (χ4n) is 2.73. The van der Waals surface area contributed by atoms with Gasteiger partial charge in [0.2, 0.25) is 0 Å². The van der Waals surface area contributed by atoms with Crippen molar-refractivity contribution in [3.8, 4) is 0 Å². The zero-order chi connectivity index (χ0) is 20.3. The number of aromatic amines is 1. The first-order valence-electron chi connectivity index (χ1n) is 8.47. The van der Waals surface area contributed by atoms with E-state index in [0.717, 1.165) is 0 Å². The number of benzene rings is 1. The number of carbonyl (C=O) groups excluding carboxylic acids is 2. The number of halogens is 1. The van der Waals surface area contributed by atoms with E-state index in [9.17, 15) is 9.59 Å². The minimum atomic E-state index is -0.363. The molecule has 0 saturated heterocycles. The van der Waals surface area contributed by atoms with E-state index in [-0.39, 0.29) is 24.1 Å². The number of hydrogen-bond acceptors (Lipinski definition) is 5. The van der Waals surface area contributed by atoms with E-state index in [1.807, 2.05) is 6.92 Å². The maximum atomic E-state index is 12.8. The largest absolute Gasteiger partial charge is 0.444 e. The second kappa shape index (κ2) is 8.53. The molecule has 2 aromatic heterocycles. The van der Waals surface area contributed by atoms with Gasteiger partial charge in [0.25, 0.3) is 11.8 Å². The maximum Gasteiger partial charge on any atom is 0.293 e. The molecule has 146 valence electrons. The van der Waals surface area contributed by atoms with Gasteiger partial charge in [0, 0.05) is 13.6 Å². The van der Waals surface area contributed by atoms with Crippen LogP contribution in [0.1, 0.15) is 33.7 Å². The molecule has 0 atom stereocenters. The Kier molecular flexibility index (Phi) is 6.10. The summed E-state index contributed by atoms with van der Waals surface area (Å²) in [5.74, 6) is 0.108. The molecule has 3 rings (SSSR count). The lowest BCUT2D eigenvalue weighted by atomic mass is 10.1.